The second-order valence-corrected chi connectivity index (χ2v) is 4.53. The van der Waals surface area contributed by atoms with E-state index in [1.807, 2.05) is 25.3 Å². The summed E-state index contributed by atoms with van der Waals surface area (Å²) in [6, 6.07) is 5.96. The van der Waals surface area contributed by atoms with Gasteiger partial charge in [0.15, 0.2) is 0 Å². The van der Waals surface area contributed by atoms with Crippen molar-refractivity contribution in [3.63, 3.8) is 0 Å². The van der Waals surface area contributed by atoms with E-state index in [0.717, 1.165) is 22.9 Å². The highest BCUT2D eigenvalue weighted by molar-refractivity contribution is 5.96. The van der Waals surface area contributed by atoms with E-state index in [9.17, 15) is 4.79 Å². The highest BCUT2D eigenvalue weighted by atomic mass is 16.5. The molecular formula is C15H19NO2. The van der Waals surface area contributed by atoms with Crippen LogP contribution in [0.1, 0.15) is 49.0 Å². The molecule has 1 unspecified atom stereocenters. The molecule has 1 atom stereocenters. The molecule has 2 aromatic rings. The number of H-pyrrole nitrogens is 1. The molecular weight excluding hydrogens is 226 g/mol. The van der Waals surface area contributed by atoms with Crippen LogP contribution in [0, 0.1) is 0 Å². The summed E-state index contributed by atoms with van der Waals surface area (Å²) in [6.45, 7) is 6.49. The van der Waals surface area contributed by atoms with Crippen molar-refractivity contribution < 1.29 is 9.53 Å². The Bertz CT molecular complexity index is 557. The SMILES string of the molecule is CCOC(=O)c1cc2cc[nH]c2cc1C(C)CC. The lowest BCUT2D eigenvalue weighted by Gasteiger charge is -2.14. The maximum absolute atomic E-state index is 12.0. The van der Waals surface area contributed by atoms with E-state index in [1.54, 1.807) is 0 Å². The van der Waals surface area contributed by atoms with Gasteiger partial charge in [-0.2, -0.15) is 0 Å². The molecule has 0 fully saturated rings. The number of fused-ring (bicyclic) bond motifs is 1. The number of hydrogen-bond donors (Lipinski definition) is 1. The Hall–Kier alpha value is -1.77. The average molecular weight is 245 g/mol. The van der Waals surface area contributed by atoms with E-state index in [0.29, 0.717) is 18.1 Å². The third kappa shape index (κ3) is 2.26. The van der Waals surface area contributed by atoms with Gasteiger partial charge in [-0.15, -0.1) is 0 Å². The molecule has 0 aliphatic carbocycles. The van der Waals surface area contributed by atoms with Crippen molar-refractivity contribution in [3.8, 4) is 0 Å². The van der Waals surface area contributed by atoms with Gasteiger partial charge in [-0.3, -0.25) is 0 Å². The normalized spacial score (nSPS) is 12.6. The van der Waals surface area contributed by atoms with Crippen LogP contribution in [-0.2, 0) is 4.74 Å². The van der Waals surface area contributed by atoms with E-state index in [-0.39, 0.29) is 5.97 Å². The molecule has 0 radical (unpaired) electrons. The van der Waals surface area contributed by atoms with Gasteiger partial charge in [0.2, 0.25) is 0 Å². The quantitative estimate of drug-likeness (QED) is 0.831. The zero-order chi connectivity index (χ0) is 13.1. The van der Waals surface area contributed by atoms with Crippen LogP contribution in [0.3, 0.4) is 0 Å². The van der Waals surface area contributed by atoms with Crippen molar-refractivity contribution in [2.24, 2.45) is 0 Å². The van der Waals surface area contributed by atoms with Gasteiger partial charge in [-0.25, -0.2) is 4.79 Å². The minimum Gasteiger partial charge on any atom is -0.462 e. The number of carbonyl (C=O) groups excluding carboxylic acids is 1. The zero-order valence-corrected chi connectivity index (χ0v) is 11.1. The van der Waals surface area contributed by atoms with Crippen molar-refractivity contribution >= 4 is 16.9 Å². The van der Waals surface area contributed by atoms with Crippen LogP contribution < -0.4 is 0 Å². The lowest BCUT2D eigenvalue weighted by atomic mass is 9.92. The number of ether oxygens (including phenoxy) is 1. The number of benzene rings is 1. The second-order valence-electron chi connectivity index (χ2n) is 4.53. The summed E-state index contributed by atoms with van der Waals surface area (Å²) in [5.41, 5.74) is 2.82. The van der Waals surface area contributed by atoms with Crippen molar-refractivity contribution in [1.82, 2.24) is 4.98 Å². The molecule has 3 heteroatoms. The average Bonchev–Trinajstić information content (AvgIpc) is 2.83. The molecule has 1 heterocycles. The van der Waals surface area contributed by atoms with Crippen LogP contribution in [0.2, 0.25) is 0 Å². The van der Waals surface area contributed by atoms with Crippen molar-refractivity contribution in [2.45, 2.75) is 33.1 Å². The lowest BCUT2D eigenvalue weighted by Crippen LogP contribution is -2.09. The molecule has 96 valence electrons. The fourth-order valence-electron chi connectivity index (χ4n) is 2.13. The standard InChI is InChI=1S/C15H19NO2/c1-4-10(3)12-9-14-11(6-7-16-14)8-13(12)15(17)18-5-2/h6-10,16H,4-5H2,1-3H3. The van der Waals surface area contributed by atoms with E-state index >= 15 is 0 Å². The molecule has 3 nitrogen and oxygen atoms in total. The van der Waals surface area contributed by atoms with E-state index in [4.69, 9.17) is 4.74 Å². The van der Waals surface area contributed by atoms with Gasteiger partial charge in [-0.1, -0.05) is 13.8 Å². The van der Waals surface area contributed by atoms with Gasteiger partial charge in [0, 0.05) is 17.1 Å². The zero-order valence-electron chi connectivity index (χ0n) is 11.1. The summed E-state index contributed by atoms with van der Waals surface area (Å²) in [6.07, 6.45) is 2.89. The summed E-state index contributed by atoms with van der Waals surface area (Å²) in [5.74, 6) is 0.119. The van der Waals surface area contributed by atoms with Crippen molar-refractivity contribution in [1.29, 1.82) is 0 Å². The number of aromatic amines is 1. The Kier molecular flexibility index (Phi) is 3.70. The Morgan fingerprint density at radius 2 is 2.17 bits per heavy atom. The summed E-state index contributed by atoms with van der Waals surface area (Å²) in [5, 5.41) is 1.05. The first kappa shape index (κ1) is 12.7. The summed E-state index contributed by atoms with van der Waals surface area (Å²) in [4.78, 5) is 15.2. The maximum Gasteiger partial charge on any atom is 0.338 e. The molecule has 0 aliphatic rings. The largest absolute Gasteiger partial charge is 0.462 e. The number of carbonyl (C=O) groups is 1. The highest BCUT2D eigenvalue weighted by Gasteiger charge is 2.17. The number of rotatable bonds is 4. The molecule has 0 saturated carbocycles. The summed E-state index contributed by atoms with van der Waals surface area (Å²) in [7, 11) is 0. The Labute approximate surface area is 107 Å². The van der Waals surface area contributed by atoms with Crippen LogP contribution in [0.15, 0.2) is 24.4 Å². The highest BCUT2D eigenvalue weighted by Crippen LogP contribution is 2.28. The minimum atomic E-state index is -0.226. The fraction of sp³-hybridized carbons (Fsp3) is 0.400. The van der Waals surface area contributed by atoms with Gasteiger partial charge < -0.3 is 9.72 Å². The Morgan fingerprint density at radius 3 is 2.83 bits per heavy atom. The first-order chi connectivity index (χ1) is 8.67. The predicted molar refractivity (Wildman–Crippen MR) is 73.0 cm³/mol. The summed E-state index contributed by atoms with van der Waals surface area (Å²) < 4.78 is 5.14. The molecule has 0 bridgehead atoms. The number of hydrogen-bond acceptors (Lipinski definition) is 2. The van der Waals surface area contributed by atoms with E-state index in [1.165, 1.54) is 0 Å². The fourth-order valence-corrected chi connectivity index (χ4v) is 2.13. The molecule has 18 heavy (non-hydrogen) atoms. The third-order valence-corrected chi connectivity index (χ3v) is 3.36. The number of esters is 1. The van der Waals surface area contributed by atoms with Gasteiger partial charge in [0.25, 0.3) is 0 Å². The lowest BCUT2D eigenvalue weighted by molar-refractivity contribution is 0.0524. The number of nitrogens with one attached hydrogen (secondary N) is 1. The van der Waals surface area contributed by atoms with Crippen molar-refractivity contribution in [3.05, 3.63) is 35.5 Å². The molecule has 0 aliphatic heterocycles. The maximum atomic E-state index is 12.0. The van der Waals surface area contributed by atoms with Crippen LogP contribution in [-0.4, -0.2) is 17.6 Å². The van der Waals surface area contributed by atoms with Crippen LogP contribution >= 0.6 is 0 Å². The van der Waals surface area contributed by atoms with Gasteiger partial charge >= 0.3 is 5.97 Å². The molecule has 1 N–H and O–H groups in total. The van der Waals surface area contributed by atoms with E-state index < -0.39 is 0 Å². The van der Waals surface area contributed by atoms with Crippen LogP contribution in [0.5, 0.6) is 0 Å². The van der Waals surface area contributed by atoms with Gasteiger partial charge in [0.1, 0.15) is 0 Å². The van der Waals surface area contributed by atoms with Crippen molar-refractivity contribution in [2.75, 3.05) is 6.61 Å². The molecule has 0 amide bonds. The third-order valence-electron chi connectivity index (χ3n) is 3.36. The Balaban J connectivity index is 2.55. The molecule has 0 saturated heterocycles. The molecule has 2 rings (SSSR count). The molecule has 0 spiro atoms. The predicted octanol–water partition coefficient (Wildman–Crippen LogP) is 3.86. The Morgan fingerprint density at radius 1 is 1.39 bits per heavy atom. The van der Waals surface area contributed by atoms with Crippen LogP contribution in [0.4, 0.5) is 0 Å². The van der Waals surface area contributed by atoms with E-state index in [2.05, 4.69) is 24.9 Å². The number of aromatic nitrogens is 1. The van der Waals surface area contributed by atoms with Gasteiger partial charge in [-0.05, 0) is 43.0 Å². The van der Waals surface area contributed by atoms with Gasteiger partial charge in [0.05, 0.1) is 12.2 Å². The molecule has 1 aromatic carbocycles. The monoisotopic (exact) mass is 245 g/mol. The summed E-state index contributed by atoms with van der Waals surface area (Å²) >= 11 is 0. The van der Waals surface area contributed by atoms with Crippen LogP contribution in [0.25, 0.3) is 10.9 Å². The topological polar surface area (TPSA) is 42.1 Å². The first-order valence-electron chi connectivity index (χ1n) is 6.45. The smallest absolute Gasteiger partial charge is 0.338 e. The minimum absolute atomic E-state index is 0.226. The molecule has 1 aromatic heterocycles. The second kappa shape index (κ2) is 5.25. The first-order valence-corrected chi connectivity index (χ1v) is 6.45.